The summed E-state index contributed by atoms with van der Waals surface area (Å²) in [4.78, 5) is 35.2. The lowest BCUT2D eigenvalue weighted by molar-refractivity contribution is -0.187. The molecule has 3 atom stereocenters. The smallest absolute Gasteiger partial charge is 0.394 e. The topological polar surface area (TPSA) is 98.7 Å². The monoisotopic (exact) mass is 353 g/mol. The van der Waals surface area contributed by atoms with Crippen LogP contribution in [0.2, 0.25) is 0 Å². The van der Waals surface area contributed by atoms with Crippen molar-refractivity contribution in [3.05, 3.63) is 0 Å². The van der Waals surface area contributed by atoms with Gasteiger partial charge in [0.2, 0.25) is 5.91 Å². The fraction of sp³-hybridized carbons (Fsp3) is 0.786. The number of amides is 3. The second-order valence-corrected chi connectivity index (χ2v) is 5.86. The number of likely N-dealkylation sites (tertiary alicyclic amines) is 1. The Balaban J connectivity index is 2.49. The molecule has 1 unspecified atom stereocenters. The lowest BCUT2D eigenvalue weighted by Gasteiger charge is -2.18. The van der Waals surface area contributed by atoms with Crippen LogP contribution in [0, 0.1) is 11.8 Å². The van der Waals surface area contributed by atoms with Gasteiger partial charge in [0, 0.05) is 32.1 Å². The summed E-state index contributed by atoms with van der Waals surface area (Å²) in [5, 5.41) is 13.9. The molecule has 1 heterocycles. The molecule has 1 rings (SSSR count). The van der Waals surface area contributed by atoms with Crippen LogP contribution in [-0.2, 0) is 9.59 Å². The van der Waals surface area contributed by atoms with Crippen LogP contribution in [0.5, 0.6) is 0 Å². The van der Waals surface area contributed by atoms with E-state index in [0.717, 1.165) is 11.3 Å². The van der Waals surface area contributed by atoms with Gasteiger partial charge in [-0.3, -0.25) is 9.59 Å². The normalized spacial score (nSPS) is 22.1. The van der Waals surface area contributed by atoms with E-state index in [2.05, 4.69) is 10.6 Å². The Morgan fingerprint density at radius 3 is 2.38 bits per heavy atom. The largest absolute Gasteiger partial charge is 0.481 e. The molecule has 7 nitrogen and oxygen atoms in total. The minimum Gasteiger partial charge on any atom is -0.481 e. The number of hydrogen-bond acceptors (Lipinski definition) is 3. The van der Waals surface area contributed by atoms with E-state index in [0.29, 0.717) is 0 Å². The molecule has 138 valence electrons. The van der Waals surface area contributed by atoms with E-state index in [-0.39, 0.29) is 24.9 Å². The molecule has 24 heavy (non-hydrogen) atoms. The zero-order valence-corrected chi connectivity index (χ0v) is 13.5. The van der Waals surface area contributed by atoms with Gasteiger partial charge in [0.25, 0.3) is 0 Å². The summed E-state index contributed by atoms with van der Waals surface area (Å²) >= 11 is 0. The number of nitrogens with zero attached hydrogens (tertiary/aromatic N) is 1. The van der Waals surface area contributed by atoms with Gasteiger partial charge in [0.1, 0.15) is 0 Å². The van der Waals surface area contributed by atoms with E-state index in [1.54, 1.807) is 0 Å². The number of carbonyl (C=O) groups excluding carboxylic acids is 2. The highest BCUT2D eigenvalue weighted by Gasteiger charge is 2.53. The van der Waals surface area contributed by atoms with Crippen LogP contribution in [0.15, 0.2) is 0 Å². The molecule has 3 amide bonds. The molecular weight excluding hydrogens is 331 g/mol. The summed E-state index contributed by atoms with van der Waals surface area (Å²) in [7, 11) is 0. The van der Waals surface area contributed by atoms with Crippen molar-refractivity contribution in [3.63, 3.8) is 0 Å². The van der Waals surface area contributed by atoms with Crippen LogP contribution in [0.1, 0.15) is 26.7 Å². The van der Waals surface area contributed by atoms with Gasteiger partial charge in [-0.25, -0.2) is 4.79 Å². The van der Waals surface area contributed by atoms with Gasteiger partial charge < -0.3 is 20.6 Å². The molecule has 0 aliphatic carbocycles. The molecule has 1 fully saturated rings. The van der Waals surface area contributed by atoms with Crippen molar-refractivity contribution in [1.29, 1.82) is 0 Å². The first kappa shape index (κ1) is 20.0. The number of carbonyl (C=O) groups is 3. The van der Waals surface area contributed by atoms with Crippen LogP contribution in [0.25, 0.3) is 0 Å². The maximum absolute atomic E-state index is 12.8. The first-order chi connectivity index (χ1) is 11.1. The minimum atomic E-state index is -4.69. The molecule has 1 aliphatic heterocycles. The number of urea groups is 1. The van der Waals surface area contributed by atoms with E-state index >= 15 is 0 Å². The summed E-state index contributed by atoms with van der Waals surface area (Å²) in [6.07, 6.45) is -3.94. The molecule has 0 radical (unpaired) electrons. The molecule has 3 N–H and O–H groups in total. The van der Waals surface area contributed by atoms with Crippen molar-refractivity contribution in [1.82, 2.24) is 15.5 Å². The highest BCUT2D eigenvalue weighted by atomic mass is 19.4. The summed E-state index contributed by atoms with van der Waals surface area (Å²) in [5.41, 5.74) is 0. The number of hydrogen-bond donors (Lipinski definition) is 3. The number of halogens is 3. The zero-order chi connectivity index (χ0) is 18.5. The first-order valence-electron chi connectivity index (χ1n) is 7.67. The standard InChI is InChI=1S/C14H22F3N3O4/c1-3-8(2)19-11(21)4-5-18-13(24)20-6-9(12(22)23)10(7-20)14(15,16)17/h8-10H,3-7H2,1-2H3,(H,18,24)(H,19,21)(H,22,23)/t8?,9-,10-/m1/s1. The molecule has 1 saturated heterocycles. The van der Waals surface area contributed by atoms with Crippen molar-refractivity contribution in [2.45, 2.75) is 38.9 Å². The van der Waals surface area contributed by atoms with Gasteiger partial charge in [0.15, 0.2) is 0 Å². The fourth-order valence-corrected chi connectivity index (χ4v) is 2.40. The molecule has 0 aromatic rings. The molecule has 0 saturated carbocycles. The Morgan fingerprint density at radius 1 is 1.29 bits per heavy atom. The van der Waals surface area contributed by atoms with Crippen LogP contribution in [0.3, 0.4) is 0 Å². The third-order valence-corrected chi connectivity index (χ3v) is 3.99. The van der Waals surface area contributed by atoms with E-state index in [4.69, 9.17) is 5.11 Å². The molecule has 0 spiro atoms. The van der Waals surface area contributed by atoms with Crippen molar-refractivity contribution in [3.8, 4) is 0 Å². The van der Waals surface area contributed by atoms with E-state index < -0.39 is 43.1 Å². The summed E-state index contributed by atoms with van der Waals surface area (Å²) in [6.45, 7) is 2.47. The molecule has 0 aromatic carbocycles. The second kappa shape index (κ2) is 8.20. The molecule has 10 heteroatoms. The summed E-state index contributed by atoms with van der Waals surface area (Å²) in [6, 6.07) is -0.806. The lowest BCUT2D eigenvalue weighted by atomic mass is 9.96. The summed E-state index contributed by atoms with van der Waals surface area (Å²) in [5.74, 6) is -5.62. The summed E-state index contributed by atoms with van der Waals surface area (Å²) < 4.78 is 38.5. The number of carboxylic acids is 1. The van der Waals surface area contributed by atoms with Gasteiger partial charge in [-0.2, -0.15) is 13.2 Å². The maximum Gasteiger partial charge on any atom is 0.394 e. The van der Waals surface area contributed by atoms with Crippen molar-refractivity contribution < 1.29 is 32.7 Å². The van der Waals surface area contributed by atoms with Gasteiger partial charge in [-0.05, 0) is 13.3 Å². The number of rotatable bonds is 6. The highest BCUT2D eigenvalue weighted by molar-refractivity contribution is 5.79. The van der Waals surface area contributed by atoms with Crippen LogP contribution in [-0.4, -0.2) is 59.8 Å². The number of carboxylic acid groups (broad SMARTS) is 1. The Morgan fingerprint density at radius 2 is 1.92 bits per heavy atom. The third-order valence-electron chi connectivity index (χ3n) is 3.99. The first-order valence-corrected chi connectivity index (χ1v) is 7.67. The predicted molar refractivity (Wildman–Crippen MR) is 78.2 cm³/mol. The maximum atomic E-state index is 12.8. The van der Waals surface area contributed by atoms with Crippen LogP contribution >= 0.6 is 0 Å². The molecule has 0 aromatic heterocycles. The van der Waals surface area contributed by atoms with E-state index in [1.807, 2.05) is 13.8 Å². The van der Waals surface area contributed by atoms with Crippen molar-refractivity contribution >= 4 is 17.9 Å². The van der Waals surface area contributed by atoms with Crippen LogP contribution < -0.4 is 10.6 Å². The third kappa shape index (κ3) is 5.57. The Labute approximate surface area is 137 Å². The molecule has 1 aliphatic rings. The average Bonchev–Trinajstić information content (AvgIpc) is 2.92. The second-order valence-electron chi connectivity index (χ2n) is 5.86. The van der Waals surface area contributed by atoms with Crippen LogP contribution in [0.4, 0.5) is 18.0 Å². The van der Waals surface area contributed by atoms with Gasteiger partial charge >= 0.3 is 18.2 Å². The number of aliphatic carboxylic acids is 1. The lowest BCUT2D eigenvalue weighted by Crippen LogP contribution is -2.41. The zero-order valence-electron chi connectivity index (χ0n) is 13.5. The Kier molecular flexibility index (Phi) is 6.85. The van der Waals surface area contributed by atoms with Gasteiger partial charge in [0.05, 0.1) is 11.8 Å². The molecule has 0 bridgehead atoms. The number of alkyl halides is 3. The SMILES string of the molecule is CCC(C)NC(=O)CCNC(=O)N1C[C@@H](C(F)(F)F)[C@H](C(=O)O)C1. The molecular formula is C14H22F3N3O4. The average molecular weight is 353 g/mol. The van der Waals surface area contributed by atoms with Crippen molar-refractivity contribution in [2.24, 2.45) is 11.8 Å². The number of nitrogens with one attached hydrogen (secondary N) is 2. The fourth-order valence-electron chi connectivity index (χ4n) is 2.40. The minimum absolute atomic E-state index is 0.00403. The Bertz CT molecular complexity index is 484. The Hall–Kier alpha value is -2.00. The van der Waals surface area contributed by atoms with Crippen molar-refractivity contribution in [2.75, 3.05) is 19.6 Å². The van der Waals surface area contributed by atoms with E-state index in [1.165, 1.54) is 0 Å². The van der Waals surface area contributed by atoms with Gasteiger partial charge in [-0.1, -0.05) is 6.92 Å². The predicted octanol–water partition coefficient (Wildman–Crippen LogP) is 1.20. The highest BCUT2D eigenvalue weighted by Crippen LogP contribution is 2.37. The van der Waals surface area contributed by atoms with Gasteiger partial charge in [-0.15, -0.1) is 0 Å². The quantitative estimate of drug-likeness (QED) is 0.668. The van der Waals surface area contributed by atoms with E-state index in [9.17, 15) is 27.6 Å².